The quantitative estimate of drug-likeness (QED) is 0.848. The number of ether oxygens (including phenoxy) is 1. The van der Waals surface area contributed by atoms with Crippen molar-refractivity contribution in [3.8, 4) is 5.75 Å². The third-order valence-electron chi connectivity index (χ3n) is 3.21. The molecule has 2 aromatic carbocycles. The van der Waals surface area contributed by atoms with Crippen molar-refractivity contribution in [2.75, 3.05) is 17.1 Å². The Labute approximate surface area is 132 Å². The van der Waals surface area contributed by atoms with Crippen LogP contribution in [0.1, 0.15) is 25.3 Å². The molecule has 0 saturated heterocycles. The van der Waals surface area contributed by atoms with Gasteiger partial charge in [0.25, 0.3) is 0 Å². The van der Waals surface area contributed by atoms with E-state index in [0.717, 1.165) is 0 Å². The van der Waals surface area contributed by atoms with Gasteiger partial charge >= 0.3 is 0 Å². The van der Waals surface area contributed by atoms with Crippen LogP contribution in [-0.2, 0) is 10.0 Å². The minimum Gasteiger partial charge on any atom is -0.492 e. The van der Waals surface area contributed by atoms with E-state index in [4.69, 9.17) is 4.74 Å². The van der Waals surface area contributed by atoms with Gasteiger partial charge in [-0.15, -0.1) is 0 Å². The Kier molecular flexibility index (Phi) is 5.44. The molecule has 0 aliphatic rings. The van der Waals surface area contributed by atoms with E-state index in [-0.39, 0.29) is 12.4 Å². The summed E-state index contributed by atoms with van der Waals surface area (Å²) in [6.07, 6.45) is 0. The fraction of sp³-hybridized carbons (Fsp3) is 0.294. The highest BCUT2D eigenvalue weighted by atomic mass is 32.2. The third-order valence-corrected chi connectivity index (χ3v) is 4.47. The van der Waals surface area contributed by atoms with Crippen molar-refractivity contribution in [1.82, 2.24) is 0 Å². The van der Waals surface area contributed by atoms with Crippen molar-refractivity contribution >= 4 is 15.7 Å². The molecule has 0 atom stereocenters. The van der Waals surface area contributed by atoms with Gasteiger partial charge in [0.15, 0.2) is 0 Å². The highest BCUT2D eigenvalue weighted by Gasteiger charge is 2.11. The van der Waals surface area contributed by atoms with Gasteiger partial charge in [0.2, 0.25) is 10.0 Å². The zero-order chi connectivity index (χ0) is 16.0. The Morgan fingerprint density at radius 3 is 2.23 bits per heavy atom. The fourth-order valence-electron chi connectivity index (χ4n) is 1.95. The summed E-state index contributed by atoms with van der Waals surface area (Å²) in [5.41, 5.74) is 1.75. The first-order chi connectivity index (χ1) is 10.5. The summed E-state index contributed by atoms with van der Waals surface area (Å²) < 4.78 is 32.0. The second-order valence-electron chi connectivity index (χ2n) is 5.36. The molecule has 1 N–H and O–H groups in total. The van der Waals surface area contributed by atoms with Crippen LogP contribution >= 0.6 is 0 Å². The number of benzene rings is 2. The summed E-state index contributed by atoms with van der Waals surface area (Å²) in [7, 11) is -3.41. The van der Waals surface area contributed by atoms with Crippen LogP contribution in [0.4, 0.5) is 5.69 Å². The molecule has 0 fully saturated rings. The van der Waals surface area contributed by atoms with Gasteiger partial charge in [0, 0.05) is 5.69 Å². The Morgan fingerprint density at radius 1 is 1.00 bits per heavy atom. The molecule has 0 bridgehead atoms. The van der Waals surface area contributed by atoms with Crippen LogP contribution in [0.25, 0.3) is 0 Å². The van der Waals surface area contributed by atoms with Gasteiger partial charge in [-0.2, -0.15) is 0 Å². The highest BCUT2D eigenvalue weighted by molar-refractivity contribution is 7.92. The van der Waals surface area contributed by atoms with E-state index < -0.39 is 10.0 Å². The molecule has 2 rings (SSSR count). The van der Waals surface area contributed by atoms with Crippen molar-refractivity contribution in [3.63, 3.8) is 0 Å². The highest BCUT2D eigenvalue weighted by Crippen LogP contribution is 2.18. The summed E-state index contributed by atoms with van der Waals surface area (Å²) in [6.45, 7) is 4.31. The third kappa shape index (κ3) is 5.07. The predicted molar refractivity (Wildman–Crippen MR) is 89.9 cm³/mol. The second-order valence-corrected chi connectivity index (χ2v) is 7.20. The van der Waals surface area contributed by atoms with E-state index in [2.05, 4.69) is 18.6 Å². The molecule has 22 heavy (non-hydrogen) atoms. The summed E-state index contributed by atoms with van der Waals surface area (Å²) in [4.78, 5) is 0. The monoisotopic (exact) mass is 319 g/mol. The molecule has 2 aromatic rings. The SMILES string of the molecule is CC(C)c1ccc(NS(=O)(=O)CCOc2ccccc2)cc1. The number of hydrogen-bond acceptors (Lipinski definition) is 3. The van der Waals surface area contributed by atoms with Crippen LogP contribution in [0, 0.1) is 0 Å². The number of anilines is 1. The van der Waals surface area contributed by atoms with E-state index in [9.17, 15) is 8.42 Å². The summed E-state index contributed by atoms with van der Waals surface area (Å²) >= 11 is 0. The summed E-state index contributed by atoms with van der Waals surface area (Å²) in [5, 5.41) is 0. The van der Waals surface area contributed by atoms with Crippen LogP contribution in [-0.4, -0.2) is 20.8 Å². The maximum atomic E-state index is 12.0. The Morgan fingerprint density at radius 2 is 1.64 bits per heavy atom. The van der Waals surface area contributed by atoms with Crippen LogP contribution in [0.15, 0.2) is 54.6 Å². The standard InChI is InChI=1S/C17H21NO3S/c1-14(2)15-8-10-16(11-9-15)18-22(19,20)13-12-21-17-6-4-3-5-7-17/h3-11,14,18H,12-13H2,1-2H3. The molecule has 4 nitrogen and oxygen atoms in total. The minimum atomic E-state index is -3.41. The average Bonchev–Trinajstić information content (AvgIpc) is 2.48. The number of rotatable bonds is 7. The number of nitrogens with one attached hydrogen (secondary N) is 1. The first-order valence-corrected chi connectivity index (χ1v) is 8.90. The van der Waals surface area contributed by atoms with Gasteiger partial charge in [-0.1, -0.05) is 44.2 Å². The van der Waals surface area contributed by atoms with E-state index >= 15 is 0 Å². The molecule has 0 aliphatic carbocycles. The largest absolute Gasteiger partial charge is 0.492 e. The Balaban J connectivity index is 1.88. The number of sulfonamides is 1. The second kappa shape index (κ2) is 7.31. The molecule has 0 amide bonds. The molecule has 0 heterocycles. The lowest BCUT2D eigenvalue weighted by molar-refractivity contribution is 0.341. The smallest absolute Gasteiger partial charge is 0.236 e. The molecule has 5 heteroatoms. The van der Waals surface area contributed by atoms with E-state index in [1.807, 2.05) is 30.3 Å². The predicted octanol–water partition coefficient (Wildman–Crippen LogP) is 3.63. The van der Waals surface area contributed by atoms with Gasteiger partial charge in [-0.25, -0.2) is 8.42 Å². The molecular weight excluding hydrogens is 298 g/mol. The molecule has 0 aromatic heterocycles. The maximum Gasteiger partial charge on any atom is 0.236 e. The Bertz CT molecular complexity index is 680. The Hall–Kier alpha value is -2.01. The van der Waals surface area contributed by atoms with Crippen LogP contribution in [0.5, 0.6) is 5.75 Å². The van der Waals surface area contributed by atoms with Crippen molar-refractivity contribution in [1.29, 1.82) is 0 Å². The average molecular weight is 319 g/mol. The summed E-state index contributed by atoms with van der Waals surface area (Å²) in [6, 6.07) is 16.6. The molecule has 0 saturated carbocycles. The van der Waals surface area contributed by atoms with Gasteiger partial charge in [-0.3, -0.25) is 4.72 Å². The lowest BCUT2D eigenvalue weighted by Gasteiger charge is -2.11. The lowest BCUT2D eigenvalue weighted by atomic mass is 10.0. The van der Waals surface area contributed by atoms with E-state index in [0.29, 0.717) is 17.4 Å². The molecular formula is C17H21NO3S. The maximum absolute atomic E-state index is 12.0. The van der Waals surface area contributed by atoms with E-state index in [1.54, 1.807) is 24.3 Å². The van der Waals surface area contributed by atoms with Crippen molar-refractivity contribution in [3.05, 3.63) is 60.2 Å². The van der Waals surface area contributed by atoms with Crippen LogP contribution in [0.3, 0.4) is 0 Å². The first-order valence-electron chi connectivity index (χ1n) is 7.24. The first kappa shape index (κ1) is 16.4. The molecule has 0 unspecified atom stereocenters. The lowest BCUT2D eigenvalue weighted by Crippen LogP contribution is -2.21. The normalized spacial score (nSPS) is 11.4. The zero-order valence-corrected chi connectivity index (χ0v) is 13.6. The number of para-hydroxylation sites is 1. The van der Waals surface area contributed by atoms with Gasteiger partial charge in [0.1, 0.15) is 18.1 Å². The number of hydrogen-bond donors (Lipinski definition) is 1. The topological polar surface area (TPSA) is 55.4 Å². The van der Waals surface area contributed by atoms with Crippen molar-refractivity contribution in [2.45, 2.75) is 19.8 Å². The van der Waals surface area contributed by atoms with Gasteiger partial charge < -0.3 is 4.74 Å². The molecule has 0 aliphatic heterocycles. The molecule has 118 valence electrons. The van der Waals surface area contributed by atoms with Crippen molar-refractivity contribution < 1.29 is 13.2 Å². The van der Waals surface area contributed by atoms with Crippen LogP contribution in [0.2, 0.25) is 0 Å². The van der Waals surface area contributed by atoms with Crippen molar-refractivity contribution in [2.24, 2.45) is 0 Å². The van der Waals surface area contributed by atoms with Crippen LogP contribution < -0.4 is 9.46 Å². The van der Waals surface area contributed by atoms with Gasteiger partial charge in [0.05, 0.1) is 0 Å². The van der Waals surface area contributed by atoms with Gasteiger partial charge in [-0.05, 0) is 35.7 Å². The fourth-order valence-corrected chi connectivity index (χ4v) is 2.85. The molecule has 0 spiro atoms. The zero-order valence-electron chi connectivity index (χ0n) is 12.8. The summed E-state index contributed by atoms with van der Waals surface area (Å²) in [5.74, 6) is 0.998. The molecule has 0 radical (unpaired) electrons. The minimum absolute atomic E-state index is 0.0895. The van der Waals surface area contributed by atoms with E-state index in [1.165, 1.54) is 5.56 Å².